The van der Waals surface area contributed by atoms with E-state index in [0.717, 1.165) is 42.6 Å². The molecule has 1 atom stereocenters. The molecule has 152 valence electrons. The lowest BCUT2D eigenvalue weighted by atomic mass is 9.97. The number of carbonyl (C=O) groups excluding carboxylic acids is 1. The van der Waals surface area contributed by atoms with Crippen LogP contribution in [-0.4, -0.2) is 30.3 Å². The molecule has 0 saturated heterocycles. The molecule has 3 heterocycles. The van der Waals surface area contributed by atoms with Crippen molar-refractivity contribution in [3.63, 3.8) is 0 Å². The average molecular weight is 394 g/mol. The van der Waals surface area contributed by atoms with E-state index in [1.165, 1.54) is 4.68 Å². The van der Waals surface area contributed by atoms with Gasteiger partial charge in [-0.3, -0.25) is 14.0 Å². The van der Waals surface area contributed by atoms with Crippen LogP contribution in [0.5, 0.6) is 0 Å². The number of hydrogen-bond donors (Lipinski definition) is 1. The predicted octanol–water partition coefficient (Wildman–Crippen LogP) is 2.07. The van der Waals surface area contributed by atoms with Gasteiger partial charge in [0.15, 0.2) is 11.5 Å². The molecule has 4 rings (SSSR count). The molecule has 0 aliphatic heterocycles. The highest BCUT2D eigenvalue weighted by Gasteiger charge is 2.22. The van der Waals surface area contributed by atoms with Crippen LogP contribution < -0.4 is 10.9 Å². The zero-order chi connectivity index (χ0) is 20.4. The number of carbonyl (C=O) groups is 1. The molecule has 1 amide bonds. The van der Waals surface area contributed by atoms with Gasteiger partial charge in [-0.25, -0.2) is 4.68 Å². The number of amides is 1. The van der Waals surface area contributed by atoms with Crippen LogP contribution in [0.1, 0.15) is 56.2 Å². The molecule has 29 heavy (non-hydrogen) atoms. The number of hydrogen-bond acceptors (Lipinski definition) is 5. The topological polar surface area (TPSA) is 94.2 Å². The monoisotopic (exact) mass is 394 g/mol. The summed E-state index contributed by atoms with van der Waals surface area (Å²) in [5, 5.41) is 16.0. The van der Waals surface area contributed by atoms with Crippen LogP contribution in [0.4, 0.5) is 0 Å². The summed E-state index contributed by atoms with van der Waals surface area (Å²) in [4.78, 5) is 25.2. The first-order valence-electron chi connectivity index (χ1n) is 10.2. The predicted molar refractivity (Wildman–Crippen MR) is 108 cm³/mol. The molecule has 0 fully saturated rings. The quantitative estimate of drug-likeness (QED) is 0.691. The van der Waals surface area contributed by atoms with E-state index in [0.29, 0.717) is 18.2 Å². The normalized spacial score (nSPS) is 14.7. The van der Waals surface area contributed by atoms with Gasteiger partial charge in [0.1, 0.15) is 6.54 Å². The van der Waals surface area contributed by atoms with Gasteiger partial charge in [0.25, 0.3) is 5.56 Å². The van der Waals surface area contributed by atoms with Crippen molar-refractivity contribution in [3.8, 4) is 0 Å². The third-order valence-electron chi connectivity index (χ3n) is 5.26. The first-order valence-corrected chi connectivity index (χ1v) is 10.2. The minimum absolute atomic E-state index is 0.0998. The van der Waals surface area contributed by atoms with Crippen LogP contribution in [0.3, 0.4) is 0 Å². The summed E-state index contributed by atoms with van der Waals surface area (Å²) >= 11 is 0. The molecule has 8 heteroatoms. The van der Waals surface area contributed by atoms with E-state index in [1.54, 1.807) is 6.07 Å². The van der Waals surface area contributed by atoms with Crippen molar-refractivity contribution in [2.24, 2.45) is 5.92 Å². The van der Waals surface area contributed by atoms with E-state index in [-0.39, 0.29) is 24.1 Å². The van der Waals surface area contributed by atoms with Crippen molar-refractivity contribution < 1.29 is 4.79 Å². The molecule has 8 nitrogen and oxygen atoms in total. The number of pyridine rings is 1. The highest BCUT2D eigenvalue weighted by atomic mass is 16.2. The van der Waals surface area contributed by atoms with Crippen LogP contribution in [0.25, 0.3) is 5.65 Å². The standard InChI is InChI=1S/C21H26N6O2/c1-14(2)11-17(21-24-23-18-9-5-6-10-26(18)21)22-19(28)13-27-20(29)12-15-7-3-4-8-16(15)25-27/h5-6,9-10,12,14,17H,3-4,7-8,11,13H2,1-2H3,(H,22,28). The van der Waals surface area contributed by atoms with Crippen molar-refractivity contribution in [1.82, 2.24) is 29.7 Å². The Kier molecular flexibility index (Phi) is 5.42. The molecular formula is C21H26N6O2. The van der Waals surface area contributed by atoms with Gasteiger partial charge >= 0.3 is 0 Å². The van der Waals surface area contributed by atoms with Crippen LogP contribution >= 0.6 is 0 Å². The van der Waals surface area contributed by atoms with Crippen molar-refractivity contribution in [1.29, 1.82) is 0 Å². The highest BCUT2D eigenvalue weighted by molar-refractivity contribution is 5.76. The maximum atomic E-state index is 12.8. The minimum Gasteiger partial charge on any atom is -0.344 e. The first kappa shape index (κ1) is 19.3. The molecule has 0 radical (unpaired) electrons. The van der Waals surface area contributed by atoms with Crippen molar-refractivity contribution >= 4 is 11.6 Å². The zero-order valence-electron chi connectivity index (χ0n) is 16.8. The average Bonchev–Trinajstić information content (AvgIpc) is 3.12. The van der Waals surface area contributed by atoms with Crippen molar-refractivity contribution in [2.75, 3.05) is 0 Å². The van der Waals surface area contributed by atoms with Crippen LogP contribution in [0.2, 0.25) is 0 Å². The number of nitrogens with zero attached hydrogens (tertiary/aromatic N) is 5. The minimum atomic E-state index is -0.298. The van der Waals surface area contributed by atoms with Gasteiger partial charge in [-0.1, -0.05) is 19.9 Å². The molecule has 3 aromatic heterocycles. The number of aromatic nitrogens is 5. The van der Waals surface area contributed by atoms with Gasteiger partial charge < -0.3 is 5.32 Å². The summed E-state index contributed by atoms with van der Waals surface area (Å²) < 4.78 is 3.16. The Morgan fingerprint density at radius 1 is 1.21 bits per heavy atom. The second kappa shape index (κ2) is 8.14. The maximum absolute atomic E-state index is 12.8. The summed E-state index contributed by atoms with van der Waals surface area (Å²) in [6, 6.07) is 7.02. The second-order valence-corrected chi connectivity index (χ2v) is 8.06. The van der Waals surface area contributed by atoms with Gasteiger partial charge in [-0.05, 0) is 55.7 Å². The molecule has 1 unspecified atom stereocenters. The van der Waals surface area contributed by atoms with Crippen LogP contribution in [-0.2, 0) is 24.2 Å². The number of rotatable bonds is 6. The fraction of sp³-hybridized carbons (Fsp3) is 0.476. The van der Waals surface area contributed by atoms with E-state index in [4.69, 9.17) is 0 Å². The van der Waals surface area contributed by atoms with Crippen LogP contribution in [0, 0.1) is 5.92 Å². The Hall–Kier alpha value is -3.03. The lowest BCUT2D eigenvalue weighted by Gasteiger charge is -2.20. The van der Waals surface area contributed by atoms with Crippen molar-refractivity contribution in [3.05, 3.63) is 57.9 Å². The fourth-order valence-electron chi connectivity index (χ4n) is 3.89. The number of fused-ring (bicyclic) bond motifs is 2. The van der Waals surface area contributed by atoms with E-state index in [1.807, 2.05) is 28.8 Å². The van der Waals surface area contributed by atoms with E-state index in [9.17, 15) is 9.59 Å². The summed E-state index contributed by atoms with van der Waals surface area (Å²) in [7, 11) is 0. The van der Waals surface area contributed by atoms with Gasteiger partial charge in [0, 0.05) is 12.3 Å². The van der Waals surface area contributed by atoms with Gasteiger partial charge in [0.2, 0.25) is 5.91 Å². The summed E-state index contributed by atoms with van der Waals surface area (Å²) in [5.41, 5.74) is 2.46. The Morgan fingerprint density at radius 3 is 2.86 bits per heavy atom. The van der Waals surface area contributed by atoms with Crippen LogP contribution in [0.15, 0.2) is 35.3 Å². The molecule has 0 aromatic carbocycles. The van der Waals surface area contributed by atoms with Crippen molar-refractivity contribution in [2.45, 2.75) is 58.5 Å². The van der Waals surface area contributed by atoms with E-state index >= 15 is 0 Å². The third kappa shape index (κ3) is 4.21. The van der Waals surface area contributed by atoms with E-state index in [2.05, 4.69) is 34.5 Å². The molecule has 1 aliphatic rings. The summed E-state index contributed by atoms with van der Waals surface area (Å²) in [6.45, 7) is 4.09. The highest BCUT2D eigenvalue weighted by Crippen LogP contribution is 2.21. The first-order chi connectivity index (χ1) is 14.0. The van der Waals surface area contributed by atoms with E-state index < -0.39 is 0 Å². The Bertz CT molecular complexity index is 1080. The Morgan fingerprint density at radius 2 is 2.03 bits per heavy atom. The van der Waals surface area contributed by atoms with Gasteiger partial charge in [-0.2, -0.15) is 5.10 Å². The number of nitrogens with one attached hydrogen (secondary N) is 1. The molecule has 0 saturated carbocycles. The molecule has 3 aromatic rings. The largest absolute Gasteiger partial charge is 0.344 e. The lowest BCUT2D eigenvalue weighted by molar-refractivity contribution is -0.122. The Balaban J connectivity index is 1.55. The summed E-state index contributed by atoms with van der Waals surface area (Å²) in [6.07, 6.45) is 6.51. The fourth-order valence-corrected chi connectivity index (χ4v) is 3.89. The zero-order valence-corrected chi connectivity index (χ0v) is 16.8. The molecular weight excluding hydrogens is 368 g/mol. The van der Waals surface area contributed by atoms with Gasteiger partial charge in [-0.15, -0.1) is 10.2 Å². The molecule has 1 aliphatic carbocycles. The smallest absolute Gasteiger partial charge is 0.267 e. The third-order valence-corrected chi connectivity index (χ3v) is 5.26. The molecule has 0 bridgehead atoms. The summed E-state index contributed by atoms with van der Waals surface area (Å²) in [5.74, 6) is 0.781. The Labute approximate surface area is 169 Å². The molecule has 1 N–H and O–H groups in total. The lowest BCUT2D eigenvalue weighted by Crippen LogP contribution is -2.37. The van der Waals surface area contributed by atoms with Gasteiger partial charge in [0.05, 0.1) is 11.7 Å². The number of aryl methyl sites for hydroxylation is 2. The maximum Gasteiger partial charge on any atom is 0.267 e. The SMILES string of the molecule is CC(C)CC(NC(=O)Cn1nc2c(cc1=O)CCCC2)c1nnc2ccccn12. The molecule has 0 spiro atoms. The second-order valence-electron chi connectivity index (χ2n) is 8.06.